The molecule has 2 aliphatic rings. The summed E-state index contributed by atoms with van der Waals surface area (Å²) in [7, 11) is -1.94. The second-order valence-corrected chi connectivity index (χ2v) is 11.7. The highest BCUT2D eigenvalue weighted by Crippen LogP contribution is 2.31. The van der Waals surface area contributed by atoms with E-state index in [1.807, 2.05) is 6.92 Å². The van der Waals surface area contributed by atoms with Gasteiger partial charge in [-0.1, -0.05) is 6.92 Å². The molecule has 11 nitrogen and oxygen atoms in total. The van der Waals surface area contributed by atoms with E-state index in [0.29, 0.717) is 37.6 Å². The van der Waals surface area contributed by atoms with Gasteiger partial charge in [-0.2, -0.15) is 0 Å². The van der Waals surface area contributed by atoms with Crippen LogP contribution in [0.4, 0.5) is 5.69 Å². The Morgan fingerprint density at radius 2 is 2.00 bits per heavy atom. The lowest BCUT2D eigenvalue weighted by Gasteiger charge is -2.38. The molecule has 0 bridgehead atoms. The second kappa shape index (κ2) is 12.3. The number of carbonyl (C=O) groups excluding carboxylic acids is 2. The average Bonchev–Trinajstić information content (AvgIpc) is 2.84. The van der Waals surface area contributed by atoms with Crippen LogP contribution in [0.25, 0.3) is 0 Å². The monoisotopic (exact) mass is 526 g/mol. The van der Waals surface area contributed by atoms with Crippen LogP contribution in [0.5, 0.6) is 5.75 Å². The number of benzene rings is 1. The van der Waals surface area contributed by atoms with Crippen molar-refractivity contribution in [2.75, 3.05) is 71.2 Å². The van der Waals surface area contributed by atoms with Crippen molar-refractivity contribution < 1.29 is 32.6 Å². The third-order valence-corrected chi connectivity index (χ3v) is 7.99. The number of sulfonamides is 1. The summed E-state index contributed by atoms with van der Waals surface area (Å²) in [5.41, 5.74) is 0.716. The molecule has 36 heavy (non-hydrogen) atoms. The number of carbonyl (C=O) groups is 2. The number of likely N-dealkylation sites (N-methyl/N-ethyl adjacent to an activating group) is 1. The Hall–Kier alpha value is -2.25. The highest BCUT2D eigenvalue weighted by Gasteiger charge is 2.34. The van der Waals surface area contributed by atoms with Crippen LogP contribution in [0.2, 0.25) is 0 Å². The number of ether oxygens (including phenoxy) is 2. The van der Waals surface area contributed by atoms with Gasteiger partial charge in [-0.3, -0.25) is 14.5 Å². The zero-order valence-corrected chi connectivity index (χ0v) is 22.3. The summed E-state index contributed by atoms with van der Waals surface area (Å²) in [5.74, 6) is -0.389. The standard InChI is InChI=1S/C24H38N4O7S/c1-17-14-28(18(2)16-29)24(31)20-13-19(25-23(30)7-8-27-9-11-34-12-10-27)5-6-21(20)35-22(17)15-26(3)36(4,32)33/h5-6,13,17-18,22,29H,7-12,14-16H2,1-4H3,(H,25,30)/t17-,18+,22-/m1/s1. The predicted molar refractivity (Wildman–Crippen MR) is 136 cm³/mol. The molecule has 2 aliphatic heterocycles. The van der Waals surface area contributed by atoms with Crippen LogP contribution in [0, 0.1) is 5.92 Å². The SMILES string of the molecule is C[C@@H]1CN([C@@H](C)CO)C(=O)c2cc(NC(=O)CCN3CCOCC3)ccc2O[C@@H]1CN(C)S(C)(=O)=O. The Bertz CT molecular complexity index is 1030. The van der Waals surface area contributed by atoms with E-state index in [4.69, 9.17) is 9.47 Å². The van der Waals surface area contributed by atoms with E-state index in [9.17, 15) is 23.1 Å². The first-order chi connectivity index (χ1) is 17.0. The summed E-state index contributed by atoms with van der Waals surface area (Å²) in [6.07, 6.45) is 0.915. The minimum Gasteiger partial charge on any atom is -0.488 e. The van der Waals surface area contributed by atoms with Crippen LogP contribution < -0.4 is 10.1 Å². The Balaban J connectivity index is 1.82. The summed E-state index contributed by atoms with van der Waals surface area (Å²) < 4.78 is 36.8. The van der Waals surface area contributed by atoms with Gasteiger partial charge in [0, 0.05) is 51.3 Å². The summed E-state index contributed by atoms with van der Waals surface area (Å²) >= 11 is 0. The fourth-order valence-corrected chi connectivity index (χ4v) is 4.63. The Labute approximate surface area is 213 Å². The predicted octanol–water partition coefficient (Wildman–Crippen LogP) is 0.459. The molecular formula is C24H38N4O7S. The van der Waals surface area contributed by atoms with Crippen LogP contribution in [0.15, 0.2) is 18.2 Å². The number of morpholine rings is 1. The lowest BCUT2D eigenvalue weighted by Crippen LogP contribution is -2.50. The molecular weight excluding hydrogens is 488 g/mol. The van der Waals surface area contributed by atoms with E-state index >= 15 is 0 Å². The Kier molecular flexibility index (Phi) is 9.70. The summed E-state index contributed by atoms with van der Waals surface area (Å²) in [6, 6.07) is 4.42. The van der Waals surface area contributed by atoms with Crippen molar-refractivity contribution in [1.29, 1.82) is 0 Å². The van der Waals surface area contributed by atoms with E-state index in [0.717, 1.165) is 19.3 Å². The van der Waals surface area contributed by atoms with Crippen LogP contribution in [0.3, 0.4) is 0 Å². The van der Waals surface area contributed by atoms with E-state index in [-0.39, 0.29) is 43.0 Å². The summed E-state index contributed by atoms with van der Waals surface area (Å²) in [6.45, 7) is 7.34. The Morgan fingerprint density at radius 3 is 2.64 bits per heavy atom. The number of rotatable bonds is 9. The van der Waals surface area contributed by atoms with Crippen molar-refractivity contribution in [1.82, 2.24) is 14.1 Å². The fourth-order valence-electron chi connectivity index (χ4n) is 4.21. The molecule has 1 aromatic rings. The van der Waals surface area contributed by atoms with Gasteiger partial charge in [-0.15, -0.1) is 0 Å². The molecule has 0 aliphatic carbocycles. The highest BCUT2D eigenvalue weighted by atomic mass is 32.2. The number of amides is 2. The van der Waals surface area contributed by atoms with Crippen molar-refractivity contribution in [3.05, 3.63) is 23.8 Å². The topological polar surface area (TPSA) is 129 Å². The van der Waals surface area contributed by atoms with Crippen LogP contribution in [-0.2, 0) is 19.6 Å². The van der Waals surface area contributed by atoms with Gasteiger partial charge in [0.05, 0.1) is 44.2 Å². The number of fused-ring (bicyclic) bond motifs is 1. The molecule has 2 heterocycles. The molecule has 2 N–H and O–H groups in total. The van der Waals surface area contributed by atoms with Crippen molar-refractivity contribution in [3.63, 3.8) is 0 Å². The van der Waals surface area contributed by atoms with Gasteiger partial charge in [-0.05, 0) is 25.1 Å². The van der Waals surface area contributed by atoms with E-state index in [2.05, 4.69) is 10.2 Å². The van der Waals surface area contributed by atoms with Gasteiger partial charge in [0.25, 0.3) is 5.91 Å². The van der Waals surface area contributed by atoms with Crippen molar-refractivity contribution in [2.24, 2.45) is 5.92 Å². The van der Waals surface area contributed by atoms with Gasteiger partial charge in [0.2, 0.25) is 15.9 Å². The summed E-state index contributed by atoms with van der Waals surface area (Å²) in [5, 5.41) is 12.6. The molecule has 1 saturated heterocycles. The Morgan fingerprint density at radius 1 is 1.31 bits per heavy atom. The molecule has 3 rings (SSSR count). The first kappa shape index (κ1) is 28.3. The molecule has 2 amide bonds. The van der Waals surface area contributed by atoms with Gasteiger partial charge in [0.1, 0.15) is 11.9 Å². The second-order valence-electron chi connectivity index (χ2n) is 9.63. The molecule has 0 radical (unpaired) electrons. The molecule has 3 atom stereocenters. The number of nitrogens with zero attached hydrogens (tertiary/aromatic N) is 3. The minimum atomic E-state index is -3.43. The normalized spacial score (nSPS) is 22.4. The maximum Gasteiger partial charge on any atom is 0.258 e. The van der Waals surface area contributed by atoms with E-state index < -0.39 is 22.2 Å². The minimum absolute atomic E-state index is 0.106. The van der Waals surface area contributed by atoms with E-state index in [1.165, 1.54) is 11.4 Å². The maximum absolute atomic E-state index is 13.5. The van der Waals surface area contributed by atoms with Crippen LogP contribution in [0.1, 0.15) is 30.6 Å². The number of hydrogen-bond donors (Lipinski definition) is 2. The van der Waals surface area contributed by atoms with Crippen molar-refractivity contribution in [3.8, 4) is 5.75 Å². The number of hydrogen-bond acceptors (Lipinski definition) is 8. The van der Waals surface area contributed by atoms with Gasteiger partial charge < -0.3 is 24.8 Å². The number of anilines is 1. The maximum atomic E-state index is 13.5. The van der Waals surface area contributed by atoms with E-state index in [1.54, 1.807) is 30.0 Å². The van der Waals surface area contributed by atoms with Crippen molar-refractivity contribution in [2.45, 2.75) is 32.4 Å². The summed E-state index contributed by atoms with van der Waals surface area (Å²) in [4.78, 5) is 29.8. The first-order valence-electron chi connectivity index (χ1n) is 12.2. The smallest absolute Gasteiger partial charge is 0.258 e. The van der Waals surface area contributed by atoms with Crippen LogP contribution >= 0.6 is 0 Å². The molecule has 0 aromatic heterocycles. The molecule has 0 saturated carbocycles. The molecule has 1 fully saturated rings. The number of nitrogens with one attached hydrogen (secondary N) is 1. The average molecular weight is 527 g/mol. The largest absolute Gasteiger partial charge is 0.488 e. The number of aliphatic hydroxyl groups is 1. The molecule has 0 unspecified atom stereocenters. The third-order valence-electron chi connectivity index (χ3n) is 6.71. The molecule has 202 valence electrons. The fraction of sp³-hybridized carbons (Fsp3) is 0.667. The molecule has 0 spiro atoms. The highest BCUT2D eigenvalue weighted by molar-refractivity contribution is 7.88. The van der Waals surface area contributed by atoms with Gasteiger partial charge in [0.15, 0.2) is 0 Å². The lowest BCUT2D eigenvalue weighted by atomic mass is 9.99. The van der Waals surface area contributed by atoms with Crippen molar-refractivity contribution >= 4 is 27.5 Å². The molecule has 1 aromatic carbocycles. The van der Waals surface area contributed by atoms with Crippen LogP contribution in [-0.4, -0.2) is 117 Å². The zero-order chi connectivity index (χ0) is 26.5. The first-order valence-corrected chi connectivity index (χ1v) is 14.1. The third kappa shape index (κ3) is 7.39. The van der Waals surface area contributed by atoms with Gasteiger partial charge in [-0.25, -0.2) is 12.7 Å². The van der Waals surface area contributed by atoms with Gasteiger partial charge >= 0.3 is 0 Å². The molecule has 12 heteroatoms. The lowest BCUT2D eigenvalue weighted by molar-refractivity contribution is -0.116. The number of aliphatic hydroxyl groups excluding tert-OH is 1. The quantitative estimate of drug-likeness (QED) is 0.475. The zero-order valence-electron chi connectivity index (χ0n) is 21.5.